The number of aliphatic hydroxyl groups excluding tert-OH is 1. The fourth-order valence-corrected chi connectivity index (χ4v) is 4.00. The van der Waals surface area contributed by atoms with Gasteiger partial charge in [-0.3, -0.25) is 4.90 Å². The van der Waals surface area contributed by atoms with E-state index in [0.717, 1.165) is 59.7 Å². The number of piperazine rings is 1. The summed E-state index contributed by atoms with van der Waals surface area (Å²) >= 11 is 6.41. The van der Waals surface area contributed by atoms with Crippen LogP contribution in [0.5, 0.6) is 0 Å². The first-order valence-corrected chi connectivity index (χ1v) is 10.8. The molecule has 1 atom stereocenters. The maximum Gasteiger partial charge on any atom is 0.136 e. The molecule has 1 saturated heterocycles. The Hall–Kier alpha value is -1.99. The number of benzene rings is 1. The van der Waals surface area contributed by atoms with Crippen molar-refractivity contribution in [3.63, 3.8) is 0 Å². The average Bonchev–Trinajstić information content (AvgIpc) is 2.72. The number of β-amino-alcohol motifs (C(OH)–C–C–N with tert-alkyl or cyclic N) is 1. The molecule has 7 heteroatoms. The van der Waals surface area contributed by atoms with Crippen LogP contribution < -0.4 is 4.90 Å². The topological polar surface area (TPSA) is 61.7 Å². The Kier molecular flexibility index (Phi) is 8.22. The van der Waals surface area contributed by atoms with E-state index >= 15 is 0 Å². The fraction of sp³-hybridized carbons (Fsp3) is 0.478. The zero-order valence-corrected chi connectivity index (χ0v) is 18.6. The molecule has 1 aromatic carbocycles. The predicted molar refractivity (Wildman–Crippen MR) is 121 cm³/mol. The minimum atomic E-state index is -0.490. The number of aryl methyl sites for hydroxylation is 2. The third-order valence-corrected chi connectivity index (χ3v) is 5.68. The lowest BCUT2D eigenvalue weighted by atomic mass is 10.0. The Morgan fingerprint density at radius 3 is 2.63 bits per heavy atom. The Morgan fingerprint density at radius 1 is 1.20 bits per heavy atom. The summed E-state index contributed by atoms with van der Waals surface area (Å²) in [5.74, 6) is 1.78. The summed E-state index contributed by atoms with van der Waals surface area (Å²) in [6, 6.07) is 7.93. The van der Waals surface area contributed by atoms with Gasteiger partial charge in [0.05, 0.1) is 19.3 Å². The first-order chi connectivity index (χ1) is 14.5. The van der Waals surface area contributed by atoms with Crippen LogP contribution in [-0.2, 0) is 11.2 Å². The van der Waals surface area contributed by atoms with Crippen LogP contribution in [0.4, 0.5) is 5.82 Å². The third-order valence-electron chi connectivity index (χ3n) is 5.32. The van der Waals surface area contributed by atoms with E-state index < -0.39 is 6.10 Å². The normalized spacial score (nSPS) is 15.9. The number of rotatable bonds is 9. The van der Waals surface area contributed by atoms with Crippen LogP contribution >= 0.6 is 11.6 Å². The standard InChI is InChI=1S/C23H31ClN4O2/c1-4-13-30-16-20(29)15-27-9-11-28(12-10-27)23-21(17(2)25-18(3)26-23)14-19-7-5-6-8-22(19)24/h4-8,20,29H,1,9-16H2,2-3H3. The van der Waals surface area contributed by atoms with E-state index in [1.54, 1.807) is 6.08 Å². The zero-order valence-electron chi connectivity index (χ0n) is 17.9. The summed E-state index contributed by atoms with van der Waals surface area (Å²) in [6.45, 7) is 12.4. The van der Waals surface area contributed by atoms with Crippen LogP contribution in [-0.4, -0.2) is 72.0 Å². The Labute approximate surface area is 184 Å². The Morgan fingerprint density at radius 2 is 1.93 bits per heavy atom. The predicted octanol–water partition coefficient (Wildman–Crippen LogP) is 3.02. The molecule has 2 heterocycles. The van der Waals surface area contributed by atoms with Crippen molar-refractivity contribution in [1.29, 1.82) is 0 Å². The van der Waals surface area contributed by atoms with Crippen molar-refractivity contribution in [3.8, 4) is 0 Å². The van der Waals surface area contributed by atoms with Crippen LogP contribution in [0.2, 0.25) is 5.02 Å². The second-order valence-corrected chi connectivity index (χ2v) is 8.10. The quantitative estimate of drug-likeness (QED) is 0.487. The molecule has 0 saturated carbocycles. The van der Waals surface area contributed by atoms with E-state index in [1.807, 2.05) is 32.0 Å². The Balaban J connectivity index is 1.68. The van der Waals surface area contributed by atoms with E-state index in [4.69, 9.17) is 21.3 Å². The number of halogens is 1. The molecule has 1 fully saturated rings. The monoisotopic (exact) mass is 430 g/mol. The highest BCUT2D eigenvalue weighted by Crippen LogP contribution is 2.27. The zero-order chi connectivity index (χ0) is 21.5. The summed E-state index contributed by atoms with van der Waals surface area (Å²) in [7, 11) is 0. The number of hydrogen-bond donors (Lipinski definition) is 1. The largest absolute Gasteiger partial charge is 0.389 e. The van der Waals surface area contributed by atoms with Gasteiger partial charge in [-0.25, -0.2) is 9.97 Å². The summed E-state index contributed by atoms with van der Waals surface area (Å²) in [5, 5.41) is 10.9. The molecule has 1 unspecified atom stereocenters. The fourth-order valence-electron chi connectivity index (χ4n) is 3.80. The van der Waals surface area contributed by atoms with Crippen molar-refractivity contribution in [2.24, 2.45) is 0 Å². The minimum absolute atomic E-state index is 0.332. The van der Waals surface area contributed by atoms with Gasteiger partial charge in [0.2, 0.25) is 0 Å². The van der Waals surface area contributed by atoms with Gasteiger partial charge in [-0.2, -0.15) is 0 Å². The molecule has 0 bridgehead atoms. The summed E-state index contributed by atoms with van der Waals surface area (Å²) in [4.78, 5) is 14.0. The van der Waals surface area contributed by atoms with Crippen molar-refractivity contribution in [3.05, 3.63) is 64.6 Å². The molecule has 1 aliphatic heterocycles. The lowest BCUT2D eigenvalue weighted by Gasteiger charge is -2.37. The first-order valence-electron chi connectivity index (χ1n) is 10.4. The van der Waals surface area contributed by atoms with Gasteiger partial charge >= 0.3 is 0 Å². The van der Waals surface area contributed by atoms with Crippen LogP contribution in [0, 0.1) is 13.8 Å². The van der Waals surface area contributed by atoms with Gasteiger partial charge in [-0.15, -0.1) is 6.58 Å². The number of aromatic nitrogens is 2. The molecule has 162 valence electrons. The van der Waals surface area contributed by atoms with Gasteiger partial charge in [0.1, 0.15) is 11.6 Å². The molecule has 2 aromatic rings. The van der Waals surface area contributed by atoms with Gasteiger partial charge in [-0.1, -0.05) is 35.9 Å². The Bertz CT molecular complexity index is 853. The van der Waals surface area contributed by atoms with Crippen LogP contribution in [0.15, 0.2) is 36.9 Å². The van der Waals surface area contributed by atoms with E-state index in [1.165, 1.54) is 0 Å². The van der Waals surface area contributed by atoms with Crippen LogP contribution in [0.1, 0.15) is 22.6 Å². The molecule has 1 aromatic heterocycles. The molecule has 0 amide bonds. The van der Waals surface area contributed by atoms with Crippen LogP contribution in [0.25, 0.3) is 0 Å². The van der Waals surface area contributed by atoms with E-state index in [-0.39, 0.29) is 0 Å². The maximum atomic E-state index is 10.2. The van der Waals surface area contributed by atoms with E-state index in [0.29, 0.717) is 26.2 Å². The van der Waals surface area contributed by atoms with Gasteiger partial charge in [0, 0.05) is 55.4 Å². The smallest absolute Gasteiger partial charge is 0.136 e. The molecule has 0 spiro atoms. The minimum Gasteiger partial charge on any atom is -0.389 e. The van der Waals surface area contributed by atoms with Gasteiger partial charge in [-0.05, 0) is 25.5 Å². The van der Waals surface area contributed by atoms with Gasteiger partial charge in [0.25, 0.3) is 0 Å². The number of nitrogens with zero attached hydrogens (tertiary/aromatic N) is 4. The molecular weight excluding hydrogens is 400 g/mol. The van der Waals surface area contributed by atoms with Gasteiger partial charge in [0.15, 0.2) is 0 Å². The highest BCUT2D eigenvalue weighted by atomic mass is 35.5. The second kappa shape index (κ2) is 10.9. The molecular formula is C23H31ClN4O2. The maximum absolute atomic E-state index is 10.2. The molecule has 0 aliphatic carbocycles. The van der Waals surface area contributed by atoms with Crippen molar-refractivity contribution in [2.75, 3.05) is 50.8 Å². The number of ether oxygens (including phenoxy) is 1. The number of aliphatic hydroxyl groups is 1. The SMILES string of the molecule is C=CCOCC(O)CN1CCN(c2nc(C)nc(C)c2Cc2ccccc2Cl)CC1. The summed E-state index contributed by atoms with van der Waals surface area (Å²) < 4.78 is 5.35. The average molecular weight is 431 g/mol. The summed E-state index contributed by atoms with van der Waals surface area (Å²) in [6.07, 6.45) is 1.91. The van der Waals surface area contributed by atoms with Crippen molar-refractivity contribution in [2.45, 2.75) is 26.4 Å². The molecule has 3 rings (SSSR count). The van der Waals surface area contributed by atoms with Gasteiger partial charge < -0.3 is 14.7 Å². The second-order valence-electron chi connectivity index (χ2n) is 7.69. The third kappa shape index (κ3) is 6.01. The first kappa shape index (κ1) is 22.7. The highest BCUT2D eigenvalue weighted by Gasteiger charge is 2.23. The van der Waals surface area contributed by atoms with E-state index in [9.17, 15) is 5.11 Å². The molecule has 1 N–H and O–H groups in total. The van der Waals surface area contributed by atoms with Crippen molar-refractivity contribution >= 4 is 17.4 Å². The lowest BCUT2D eigenvalue weighted by Crippen LogP contribution is -2.49. The molecule has 6 nitrogen and oxygen atoms in total. The molecule has 30 heavy (non-hydrogen) atoms. The lowest BCUT2D eigenvalue weighted by molar-refractivity contribution is 0.0252. The molecule has 1 aliphatic rings. The van der Waals surface area contributed by atoms with Crippen LogP contribution in [0.3, 0.4) is 0 Å². The van der Waals surface area contributed by atoms with Crippen molar-refractivity contribution in [1.82, 2.24) is 14.9 Å². The number of anilines is 1. The number of hydrogen-bond acceptors (Lipinski definition) is 6. The highest BCUT2D eigenvalue weighted by molar-refractivity contribution is 6.31. The van der Waals surface area contributed by atoms with Crippen molar-refractivity contribution < 1.29 is 9.84 Å². The van der Waals surface area contributed by atoms with E-state index in [2.05, 4.69) is 27.4 Å². The summed E-state index contributed by atoms with van der Waals surface area (Å²) in [5.41, 5.74) is 3.20. The molecule has 0 radical (unpaired) electrons.